The molecule has 38 valence electrons. The second-order valence-electron chi connectivity index (χ2n) is 0.676. The topological polar surface area (TPSA) is 30.0 Å². The summed E-state index contributed by atoms with van der Waals surface area (Å²) in [5, 5.41) is 1.93. The van der Waals surface area contributed by atoms with E-state index in [9.17, 15) is 0 Å². The van der Waals surface area contributed by atoms with E-state index >= 15 is 0 Å². The van der Waals surface area contributed by atoms with E-state index in [0.717, 1.165) is 0 Å². The number of hydrogen-bond donors (Lipinski definition) is 0. The van der Waals surface area contributed by atoms with Gasteiger partial charge in [0.2, 0.25) is 0 Å². The van der Waals surface area contributed by atoms with E-state index in [-0.39, 0.29) is 0 Å². The van der Waals surface area contributed by atoms with Crippen LogP contribution < -0.4 is 0 Å². The predicted molar refractivity (Wildman–Crippen MR) is 29.2 cm³/mol. The van der Waals surface area contributed by atoms with Crippen molar-refractivity contribution in [3.63, 3.8) is 0 Å². The predicted octanol–water partition coefficient (Wildman–Crippen LogP) is 0.958. The zero-order chi connectivity index (χ0) is 5.54. The summed E-state index contributed by atoms with van der Waals surface area (Å²) < 4.78 is 0. The van der Waals surface area contributed by atoms with Crippen molar-refractivity contribution in [3.05, 3.63) is 17.1 Å². The molecular formula is C4H5NOS. The van der Waals surface area contributed by atoms with Crippen LogP contribution >= 0.6 is 11.3 Å². The zero-order valence-electron chi connectivity index (χ0n) is 3.70. The van der Waals surface area contributed by atoms with Crippen molar-refractivity contribution in [2.24, 2.45) is 0 Å². The Morgan fingerprint density at radius 2 is 2.29 bits per heavy atom. The number of thiazole rings is 1. The lowest BCUT2D eigenvalue weighted by atomic mass is 11.0. The molecule has 0 radical (unpaired) electrons. The Balaban J connectivity index is 0.000000162. The van der Waals surface area contributed by atoms with Crippen LogP contribution in [0.3, 0.4) is 0 Å². The number of aromatic nitrogens is 1. The third-order valence-electron chi connectivity index (χ3n) is 0.347. The molecule has 2 nitrogen and oxygen atoms in total. The third-order valence-corrected chi connectivity index (χ3v) is 0.869. The molecule has 0 aliphatic heterocycles. The minimum atomic E-state index is 1.60. The molecule has 0 aliphatic carbocycles. The van der Waals surface area contributed by atoms with E-state index in [1.165, 1.54) is 0 Å². The molecule has 0 unspecified atom stereocenters. The molecule has 1 rings (SSSR count). The molecule has 0 amide bonds. The second kappa shape index (κ2) is 5.30. The molecule has 0 atom stereocenters. The summed E-state index contributed by atoms with van der Waals surface area (Å²) in [4.78, 5) is 11.7. The first-order valence-electron chi connectivity index (χ1n) is 1.61. The van der Waals surface area contributed by atoms with Crippen LogP contribution in [0.2, 0.25) is 0 Å². The highest BCUT2D eigenvalue weighted by molar-refractivity contribution is 7.07. The number of carbonyl (C=O) groups is 1. The molecule has 0 aliphatic rings. The maximum absolute atomic E-state index is 8.00. The molecule has 1 aromatic rings. The number of nitrogens with zero attached hydrogens (tertiary/aromatic N) is 1. The third kappa shape index (κ3) is 3.12. The van der Waals surface area contributed by atoms with Gasteiger partial charge in [0.05, 0.1) is 5.51 Å². The summed E-state index contributed by atoms with van der Waals surface area (Å²) in [5.41, 5.74) is 1.79. The molecule has 7 heavy (non-hydrogen) atoms. The van der Waals surface area contributed by atoms with Crippen molar-refractivity contribution in [1.82, 2.24) is 4.98 Å². The van der Waals surface area contributed by atoms with Gasteiger partial charge in [-0.1, -0.05) is 0 Å². The molecule has 0 fully saturated rings. The lowest BCUT2D eigenvalue weighted by molar-refractivity contribution is -0.0979. The van der Waals surface area contributed by atoms with Crippen LogP contribution in [0, 0.1) is 0 Å². The summed E-state index contributed by atoms with van der Waals surface area (Å²) in [7, 11) is 0. The van der Waals surface area contributed by atoms with E-state index < -0.39 is 0 Å². The van der Waals surface area contributed by atoms with Crippen molar-refractivity contribution in [1.29, 1.82) is 0 Å². The molecule has 0 aromatic carbocycles. The minimum Gasteiger partial charge on any atom is -0.307 e. The van der Waals surface area contributed by atoms with Crippen LogP contribution in [0.25, 0.3) is 0 Å². The van der Waals surface area contributed by atoms with Crippen molar-refractivity contribution >= 4 is 18.1 Å². The molecule has 0 saturated carbocycles. The quantitative estimate of drug-likeness (QED) is 0.504. The van der Waals surface area contributed by atoms with Crippen LogP contribution in [0.15, 0.2) is 17.1 Å². The lowest BCUT2D eigenvalue weighted by Crippen LogP contribution is -1.38. The van der Waals surface area contributed by atoms with Crippen molar-refractivity contribution in [3.8, 4) is 0 Å². The number of rotatable bonds is 0. The van der Waals surface area contributed by atoms with Gasteiger partial charge in [0.15, 0.2) is 0 Å². The van der Waals surface area contributed by atoms with Gasteiger partial charge in [0.25, 0.3) is 0 Å². The minimum absolute atomic E-state index is 1.60. The SMILES string of the molecule is C=O.c1cscn1. The van der Waals surface area contributed by atoms with Crippen molar-refractivity contribution in [2.45, 2.75) is 0 Å². The van der Waals surface area contributed by atoms with E-state index in [1.54, 1.807) is 23.0 Å². The van der Waals surface area contributed by atoms with Crippen LogP contribution in [-0.4, -0.2) is 11.8 Å². The smallest absolute Gasteiger partial charge is 0.106 e. The van der Waals surface area contributed by atoms with Crippen LogP contribution in [0.5, 0.6) is 0 Å². The number of carbonyl (C=O) groups excluding carboxylic acids is 1. The Hall–Kier alpha value is -0.700. The molecule has 0 saturated heterocycles. The Morgan fingerprint density at radius 1 is 1.57 bits per heavy atom. The van der Waals surface area contributed by atoms with E-state index in [0.29, 0.717) is 0 Å². The summed E-state index contributed by atoms with van der Waals surface area (Å²) in [6, 6.07) is 0. The Kier molecular flexibility index (Phi) is 4.77. The highest BCUT2D eigenvalue weighted by Gasteiger charge is 1.59. The van der Waals surface area contributed by atoms with Crippen LogP contribution in [-0.2, 0) is 4.79 Å². The fraction of sp³-hybridized carbons (Fsp3) is 0. The van der Waals surface area contributed by atoms with Crippen LogP contribution in [0.4, 0.5) is 0 Å². The normalized spacial score (nSPS) is 6.29. The van der Waals surface area contributed by atoms with Crippen molar-refractivity contribution < 1.29 is 4.79 Å². The second-order valence-corrected chi connectivity index (χ2v) is 1.43. The molecule has 0 bridgehead atoms. The summed E-state index contributed by atoms with van der Waals surface area (Å²) in [5.74, 6) is 0. The van der Waals surface area contributed by atoms with Gasteiger partial charge in [-0.25, -0.2) is 0 Å². The zero-order valence-corrected chi connectivity index (χ0v) is 4.52. The molecule has 1 aromatic heterocycles. The Bertz CT molecular complexity index is 78.6. The van der Waals surface area contributed by atoms with Gasteiger partial charge in [-0.15, -0.1) is 11.3 Å². The number of hydrogen-bond acceptors (Lipinski definition) is 3. The highest BCUT2D eigenvalue weighted by atomic mass is 32.1. The largest absolute Gasteiger partial charge is 0.307 e. The molecule has 0 N–H and O–H groups in total. The maximum Gasteiger partial charge on any atom is 0.106 e. The molecule has 0 spiro atoms. The fourth-order valence-electron chi connectivity index (χ4n) is 0.176. The van der Waals surface area contributed by atoms with E-state index in [2.05, 4.69) is 4.98 Å². The average Bonchev–Trinajstić information content (AvgIpc) is 2.23. The first-order valence-corrected chi connectivity index (χ1v) is 2.55. The van der Waals surface area contributed by atoms with Gasteiger partial charge in [-0.05, 0) is 0 Å². The lowest BCUT2D eigenvalue weighted by Gasteiger charge is -1.41. The first kappa shape index (κ1) is 6.30. The summed E-state index contributed by atoms with van der Waals surface area (Å²) in [6.07, 6.45) is 1.77. The van der Waals surface area contributed by atoms with Gasteiger partial charge in [-0.2, -0.15) is 0 Å². The fourth-order valence-corrected chi connectivity index (χ4v) is 0.527. The Labute approximate surface area is 45.8 Å². The van der Waals surface area contributed by atoms with Gasteiger partial charge >= 0.3 is 0 Å². The highest BCUT2D eigenvalue weighted by Crippen LogP contribution is 1.85. The molecule has 1 heterocycles. The van der Waals surface area contributed by atoms with Gasteiger partial charge in [-0.3, -0.25) is 4.98 Å². The van der Waals surface area contributed by atoms with Gasteiger partial charge < -0.3 is 4.79 Å². The first-order chi connectivity index (χ1) is 3.50. The Morgan fingerprint density at radius 3 is 2.43 bits per heavy atom. The van der Waals surface area contributed by atoms with Gasteiger partial charge in [0.1, 0.15) is 6.79 Å². The maximum atomic E-state index is 8.00. The molecular weight excluding hydrogens is 110 g/mol. The van der Waals surface area contributed by atoms with E-state index in [1.807, 2.05) is 12.2 Å². The van der Waals surface area contributed by atoms with Crippen molar-refractivity contribution in [2.75, 3.05) is 0 Å². The standard InChI is InChI=1S/C3H3NS.CH2O/c1-2-5-3-4-1;1-2/h1-3H;1H2. The average molecular weight is 115 g/mol. The molecule has 3 heteroatoms. The van der Waals surface area contributed by atoms with E-state index in [4.69, 9.17) is 4.79 Å². The van der Waals surface area contributed by atoms with Gasteiger partial charge in [0, 0.05) is 11.6 Å². The summed E-state index contributed by atoms with van der Waals surface area (Å²) >= 11 is 1.60. The summed E-state index contributed by atoms with van der Waals surface area (Å²) in [6.45, 7) is 2.00. The monoisotopic (exact) mass is 115 g/mol. The van der Waals surface area contributed by atoms with Crippen LogP contribution in [0.1, 0.15) is 0 Å².